The van der Waals surface area contributed by atoms with Gasteiger partial charge in [0.15, 0.2) is 0 Å². The Bertz CT molecular complexity index is 1110. The molecule has 0 saturated carbocycles. The molecule has 0 aromatic heterocycles. The predicted molar refractivity (Wildman–Crippen MR) is 135 cm³/mol. The highest BCUT2D eigenvalue weighted by molar-refractivity contribution is 7.88. The molecule has 2 aromatic carbocycles. The molecule has 0 radical (unpaired) electrons. The zero-order valence-corrected chi connectivity index (χ0v) is 21.3. The minimum atomic E-state index is -3.59. The number of halogens is 2. The van der Waals surface area contributed by atoms with Gasteiger partial charge < -0.3 is 10.1 Å². The molecular formula is C25H30Cl2N2O4S. The van der Waals surface area contributed by atoms with Gasteiger partial charge >= 0.3 is 0 Å². The van der Waals surface area contributed by atoms with Crippen LogP contribution in [-0.2, 0) is 30.7 Å². The van der Waals surface area contributed by atoms with Crippen LogP contribution < -0.4 is 5.32 Å². The fraction of sp³-hybridized carbons (Fsp3) is 0.480. The van der Waals surface area contributed by atoms with Gasteiger partial charge in [0.25, 0.3) is 0 Å². The first-order chi connectivity index (χ1) is 16.3. The number of nitrogens with one attached hydrogen (secondary N) is 1. The van der Waals surface area contributed by atoms with Crippen LogP contribution in [0.5, 0.6) is 0 Å². The average molecular weight is 525 g/mol. The molecular weight excluding hydrogens is 495 g/mol. The summed E-state index contributed by atoms with van der Waals surface area (Å²) in [5.41, 5.74) is 1.61. The van der Waals surface area contributed by atoms with Crippen molar-refractivity contribution in [2.24, 2.45) is 5.92 Å². The first-order valence-electron chi connectivity index (χ1n) is 11.6. The Balaban J connectivity index is 1.40. The summed E-state index contributed by atoms with van der Waals surface area (Å²) in [5.74, 6) is -0.628. The molecule has 2 saturated heterocycles. The van der Waals surface area contributed by atoms with Crippen molar-refractivity contribution in [1.82, 2.24) is 9.62 Å². The number of amides is 1. The maximum absolute atomic E-state index is 13.1. The maximum Gasteiger partial charge on any atom is 0.224 e. The van der Waals surface area contributed by atoms with Gasteiger partial charge in [-0.15, -0.1) is 0 Å². The lowest BCUT2D eigenvalue weighted by atomic mass is 9.74. The lowest BCUT2D eigenvalue weighted by Crippen LogP contribution is -2.49. The SMILES string of the molecule is O=C(NCC1(c2ccccc2)CCOCC1)[C@@H]1CCCN(S(=O)(=O)Cc2ccc(Cl)c(Cl)c2)C1. The van der Waals surface area contributed by atoms with Crippen LogP contribution in [0.4, 0.5) is 0 Å². The second-order valence-corrected chi connectivity index (χ2v) is 12.0. The first kappa shape index (κ1) is 25.5. The second-order valence-electron chi connectivity index (χ2n) is 9.18. The highest BCUT2D eigenvalue weighted by Crippen LogP contribution is 2.34. The van der Waals surface area contributed by atoms with Gasteiger partial charge in [0.2, 0.25) is 15.9 Å². The van der Waals surface area contributed by atoms with Crippen LogP contribution in [-0.4, -0.2) is 51.5 Å². The lowest BCUT2D eigenvalue weighted by molar-refractivity contribution is -0.126. The molecule has 1 atom stereocenters. The van der Waals surface area contributed by atoms with Gasteiger partial charge in [0, 0.05) is 38.3 Å². The summed E-state index contributed by atoms with van der Waals surface area (Å²) >= 11 is 12.0. The first-order valence-corrected chi connectivity index (χ1v) is 14.0. The molecule has 0 aliphatic carbocycles. The minimum absolute atomic E-state index is 0.0868. The van der Waals surface area contributed by atoms with Crippen molar-refractivity contribution in [3.05, 3.63) is 69.7 Å². The van der Waals surface area contributed by atoms with Gasteiger partial charge in [-0.1, -0.05) is 59.6 Å². The van der Waals surface area contributed by atoms with Gasteiger partial charge in [-0.3, -0.25) is 4.79 Å². The number of benzene rings is 2. The van der Waals surface area contributed by atoms with Crippen molar-refractivity contribution >= 4 is 39.1 Å². The van der Waals surface area contributed by atoms with Gasteiger partial charge in [-0.2, -0.15) is 0 Å². The van der Waals surface area contributed by atoms with E-state index in [1.165, 1.54) is 9.87 Å². The van der Waals surface area contributed by atoms with E-state index in [2.05, 4.69) is 17.4 Å². The van der Waals surface area contributed by atoms with E-state index in [0.29, 0.717) is 54.8 Å². The Labute approximate surface area is 211 Å². The maximum atomic E-state index is 13.1. The number of nitrogens with zero attached hydrogens (tertiary/aromatic N) is 1. The van der Waals surface area contributed by atoms with Crippen molar-refractivity contribution in [3.8, 4) is 0 Å². The highest BCUT2D eigenvalue weighted by atomic mass is 35.5. The number of carbonyl (C=O) groups is 1. The number of hydrogen-bond acceptors (Lipinski definition) is 4. The molecule has 4 rings (SSSR count). The van der Waals surface area contributed by atoms with Crippen molar-refractivity contribution < 1.29 is 17.9 Å². The molecule has 2 heterocycles. The molecule has 9 heteroatoms. The molecule has 2 aliphatic heterocycles. The number of piperidine rings is 1. The molecule has 34 heavy (non-hydrogen) atoms. The van der Waals surface area contributed by atoms with Gasteiger partial charge in [0.05, 0.1) is 21.7 Å². The molecule has 0 bridgehead atoms. The standard InChI is InChI=1S/C25H30Cl2N2O4S/c26-22-9-8-19(15-23(22)27)17-34(31,32)29-12-4-5-20(16-29)24(30)28-18-25(10-13-33-14-11-25)21-6-2-1-3-7-21/h1-3,6-9,15,20H,4-5,10-14,16-18H2,(H,28,30)/t20-/m1/s1. The molecule has 2 aliphatic rings. The molecule has 0 spiro atoms. The number of hydrogen-bond donors (Lipinski definition) is 1. The van der Waals surface area contributed by atoms with E-state index in [1.54, 1.807) is 18.2 Å². The van der Waals surface area contributed by atoms with E-state index in [9.17, 15) is 13.2 Å². The third kappa shape index (κ3) is 5.94. The molecule has 1 N–H and O–H groups in total. The second kappa shape index (κ2) is 11.0. The number of sulfonamides is 1. The Morgan fingerprint density at radius 2 is 1.82 bits per heavy atom. The third-order valence-corrected chi connectivity index (χ3v) is 9.47. The van der Waals surface area contributed by atoms with Crippen molar-refractivity contribution in [3.63, 3.8) is 0 Å². The van der Waals surface area contributed by atoms with E-state index in [1.807, 2.05) is 18.2 Å². The van der Waals surface area contributed by atoms with Gasteiger partial charge in [-0.05, 0) is 48.9 Å². The fourth-order valence-electron chi connectivity index (χ4n) is 4.86. The van der Waals surface area contributed by atoms with E-state index in [0.717, 1.165) is 12.8 Å². The third-order valence-electron chi connectivity index (χ3n) is 6.92. The predicted octanol–water partition coefficient (Wildman–Crippen LogP) is 4.40. The molecule has 1 amide bonds. The van der Waals surface area contributed by atoms with Crippen LogP contribution in [0, 0.1) is 5.92 Å². The number of ether oxygens (including phenoxy) is 1. The summed E-state index contributed by atoms with van der Waals surface area (Å²) in [4.78, 5) is 13.1. The molecule has 184 valence electrons. The number of carbonyl (C=O) groups excluding carboxylic acids is 1. The normalized spacial score (nSPS) is 21.2. The summed E-state index contributed by atoms with van der Waals surface area (Å²) in [7, 11) is -3.59. The Kier molecular flexibility index (Phi) is 8.20. The van der Waals surface area contributed by atoms with Crippen molar-refractivity contribution in [1.29, 1.82) is 0 Å². The monoisotopic (exact) mass is 524 g/mol. The van der Waals surface area contributed by atoms with E-state index in [-0.39, 0.29) is 29.5 Å². The van der Waals surface area contributed by atoms with Crippen LogP contribution in [0.1, 0.15) is 36.8 Å². The van der Waals surface area contributed by atoms with E-state index < -0.39 is 10.0 Å². The van der Waals surface area contributed by atoms with Crippen molar-refractivity contribution in [2.45, 2.75) is 36.9 Å². The Hall–Kier alpha value is -1.64. The fourth-order valence-corrected chi connectivity index (χ4v) is 6.78. The topological polar surface area (TPSA) is 75.7 Å². The summed E-state index contributed by atoms with van der Waals surface area (Å²) in [6.07, 6.45) is 3.00. The van der Waals surface area contributed by atoms with Gasteiger partial charge in [-0.25, -0.2) is 12.7 Å². The Morgan fingerprint density at radius 3 is 2.53 bits per heavy atom. The van der Waals surface area contributed by atoms with Crippen molar-refractivity contribution in [2.75, 3.05) is 32.8 Å². The average Bonchev–Trinajstić information content (AvgIpc) is 2.86. The molecule has 6 nitrogen and oxygen atoms in total. The molecule has 2 aromatic rings. The largest absolute Gasteiger partial charge is 0.381 e. The van der Waals surface area contributed by atoms with E-state index in [4.69, 9.17) is 27.9 Å². The highest BCUT2D eigenvalue weighted by Gasteiger charge is 2.37. The lowest BCUT2D eigenvalue weighted by Gasteiger charge is -2.38. The zero-order valence-electron chi connectivity index (χ0n) is 19.0. The molecule has 0 unspecified atom stereocenters. The quantitative estimate of drug-likeness (QED) is 0.582. The summed E-state index contributed by atoms with van der Waals surface area (Å²) < 4.78 is 33.1. The Morgan fingerprint density at radius 1 is 1.09 bits per heavy atom. The summed E-state index contributed by atoms with van der Waals surface area (Å²) in [5, 5.41) is 3.86. The van der Waals surface area contributed by atoms with Crippen LogP contribution in [0.2, 0.25) is 10.0 Å². The minimum Gasteiger partial charge on any atom is -0.381 e. The van der Waals surface area contributed by atoms with Crippen LogP contribution in [0.25, 0.3) is 0 Å². The molecule has 2 fully saturated rings. The van der Waals surface area contributed by atoms with E-state index >= 15 is 0 Å². The summed E-state index contributed by atoms with van der Waals surface area (Å²) in [6.45, 7) is 2.45. The van der Waals surface area contributed by atoms with Gasteiger partial charge in [0.1, 0.15) is 0 Å². The number of rotatable bonds is 7. The van der Waals surface area contributed by atoms with Crippen LogP contribution in [0.3, 0.4) is 0 Å². The zero-order chi connectivity index (χ0) is 24.2. The smallest absolute Gasteiger partial charge is 0.224 e. The van der Waals surface area contributed by atoms with Crippen LogP contribution >= 0.6 is 23.2 Å². The summed E-state index contributed by atoms with van der Waals surface area (Å²) in [6, 6.07) is 15.1. The van der Waals surface area contributed by atoms with Crippen LogP contribution in [0.15, 0.2) is 48.5 Å².